The number of carbonyl (C=O) groups excluding carboxylic acids is 2. The molecule has 1 aromatic carbocycles. The maximum atomic E-state index is 11.5. The van der Waals surface area contributed by atoms with Gasteiger partial charge in [0.15, 0.2) is 6.04 Å². The minimum atomic E-state index is -0.808. The van der Waals surface area contributed by atoms with Crippen molar-refractivity contribution in [1.82, 2.24) is 5.32 Å². The predicted octanol–water partition coefficient (Wildman–Crippen LogP) is 1.46. The first-order valence-electron chi connectivity index (χ1n) is 5.69. The number of ether oxygens (including phenoxy) is 2. The molecular weight excluding hydrogens is 266 g/mol. The van der Waals surface area contributed by atoms with E-state index in [4.69, 9.17) is 4.74 Å². The van der Waals surface area contributed by atoms with Gasteiger partial charge < -0.3 is 14.8 Å². The number of carbonyl (C=O) groups is 2. The van der Waals surface area contributed by atoms with E-state index in [1.165, 1.54) is 14.0 Å². The number of thioether (sulfide) groups is 1. The van der Waals surface area contributed by atoms with Gasteiger partial charge in [-0.1, -0.05) is 12.1 Å². The lowest BCUT2D eigenvalue weighted by Gasteiger charge is -2.17. The van der Waals surface area contributed by atoms with Crippen LogP contribution in [0.2, 0.25) is 0 Å². The van der Waals surface area contributed by atoms with E-state index in [9.17, 15) is 9.59 Å². The SMILES string of the molecule is COC(=O)C(COc1ccccc1SC)NC(C)=O. The Morgan fingerprint density at radius 1 is 1.37 bits per heavy atom. The van der Waals surface area contributed by atoms with Gasteiger partial charge in [-0.25, -0.2) is 4.79 Å². The molecule has 1 unspecified atom stereocenters. The summed E-state index contributed by atoms with van der Waals surface area (Å²) in [6.45, 7) is 1.37. The van der Waals surface area contributed by atoms with Crippen molar-refractivity contribution in [3.05, 3.63) is 24.3 Å². The summed E-state index contributed by atoms with van der Waals surface area (Å²) in [6.07, 6.45) is 1.94. The fourth-order valence-corrected chi connectivity index (χ4v) is 2.01. The Labute approximate surface area is 116 Å². The highest BCUT2D eigenvalue weighted by molar-refractivity contribution is 7.98. The minimum Gasteiger partial charge on any atom is -0.490 e. The average Bonchev–Trinajstić information content (AvgIpc) is 2.42. The number of rotatable bonds is 6. The molecule has 5 nitrogen and oxygen atoms in total. The highest BCUT2D eigenvalue weighted by atomic mass is 32.2. The van der Waals surface area contributed by atoms with Crippen LogP contribution in [0.25, 0.3) is 0 Å². The van der Waals surface area contributed by atoms with Crippen LogP contribution < -0.4 is 10.1 Å². The second-order valence-electron chi connectivity index (χ2n) is 3.74. The predicted molar refractivity (Wildman–Crippen MR) is 73.3 cm³/mol. The molecular formula is C13H17NO4S. The quantitative estimate of drug-likeness (QED) is 0.632. The van der Waals surface area contributed by atoms with Crippen LogP contribution in [0.15, 0.2) is 29.2 Å². The fourth-order valence-electron chi connectivity index (χ4n) is 1.47. The molecule has 6 heteroatoms. The van der Waals surface area contributed by atoms with Crippen LogP contribution >= 0.6 is 11.8 Å². The fraction of sp³-hybridized carbons (Fsp3) is 0.385. The Morgan fingerprint density at radius 3 is 2.63 bits per heavy atom. The molecule has 1 amide bonds. The molecule has 0 aliphatic rings. The Hall–Kier alpha value is -1.69. The number of esters is 1. The second-order valence-corrected chi connectivity index (χ2v) is 4.59. The first-order valence-corrected chi connectivity index (χ1v) is 6.91. The molecule has 0 spiro atoms. The summed E-state index contributed by atoms with van der Waals surface area (Å²) in [5.41, 5.74) is 0. The van der Waals surface area contributed by atoms with Crippen molar-refractivity contribution in [2.24, 2.45) is 0 Å². The van der Waals surface area contributed by atoms with Crippen LogP contribution in [0.1, 0.15) is 6.92 Å². The Balaban J connectivity index is 2.70. The highest BCUT2D eigenvalue weighted by Gasteiger charge is 2.21. The summed E-state index contributed by atoms with van der Waals surface area (Å²) in [6, 6.07) is 6.68. The van der Waals surface area contributed by atoms with Crippen molar-refractivity contribution in [3.8, 4) is 5.75 Å². The van der Waals surface area contributed by atoms with Crippen LogP contribution in [0.3, 0.4) is 0 Å². The number of benzene rings is 1. The Morgan fingerprint density at radius 2 is 2.05 bits per heavy atom. The van der Waals surface area contributed by atoms with Gasteiger partial charge in [-0.3, -0.25) is 4.79 Å². The molecule has 1 rings (SSSR count). The van der Waals surface area contributed by atoms with E-state index in [0.29, 0.717) is 5.75 Å². The summed E-state index contributed by atoms with van der Waals surface area (Å²) in [5, 5.41) is 2.49. The van der Waals surface area contributed by atoms with Gasteiger partial charge in [0, 0.05) is 11.8 Å². The van der Waals surface area contributed by atoms with Gasteiger partial charge in [0.1, 0.15) is 12.4 Å². The molecule has 1 N–H and O–H groups in total. The zero-order valence-corrected chi connectivity index (χ0v) is 12.0. The standard InChI is InChI=1S/C13H17NO4S/c1-9(15)14-10(13(16)17-2)8-18-11-6-4-5-7-12(11)19-3/h4-7,10H,8H2,1-3H3,(H,14,15). The maximum absolute atomic E-state index is 11.5. The van der Waals surface area contributed by atoms with Crippen molar-refractivity contribution < 1.29 is 19.1 Å². The molecule has 0 bridgehead atoms. The maximum Gasteiger partial charge on any atom is 0.331 e. The number of hydrogen-bond acceptors (Lipinski definition) is 5. The number of nitrogens with one attached hydrogen (secondary N) is 1. The van der Waals surface area contributed by atoms with E-state index in [1.807, 2.05) is 30.5 Å². The molecule has 104 valence electrons. The summed E-state index contributed by atoms with van der Waals surface area (Å²) < 4.78 is 10.2. The number of methoxy groups -OCH3 is 1. The highest BCUT2D eigenvalue weighted by Crippen LogP contribution is 2.26. The van der Waals surface area contributed by atoms with Crippen molar-refractivity contribution in [3.63, 3.8) is 0 Å². The molecule has 19 heavy (non-hydrogen) atoms. The Kier molecular flexibility index (Phi) is 6.21. The first-order chi connectivity index (χ1) is 9.08. The molecule has 0 aliphatic carbocycles. The third-order valence-corrected chi connectivity index (χ3v) is 3.11. The smallest absolute Gasteiger partial charge is 0.331 e. The van der Waals surface area contributed by atoms with Crippen LogP contribution in [-0.4, -0.2) is 37.9 Å². The normalized spacial score (nSPS) is 11.5. The van der Waals surface area contributed by atoms with Crippen LogP contribution in [-0.2, 0) is 14.3 Å². The van der Waals surface area contributed by atoms with E-state index in [-0.39, 0.29) is 12.5 Å². The van der Waals surface area contributed by atoms with E-state index < -0.39 is 12.0 Å². The molecule has 0 radical (unpaired) electrons. The van der Waals surface area contributed by atoms with Gasteiger partial charge in [0.2, 0.25) is 5.91 Å². The topological polar surface area (TPSA) is 64.6 Å². The van der Waals surface area contributed by atoms with E-state index in [2.05, 4.69) is 10.1 Å². The van der Waals surface area contributed by atoms with Gasteiger partial charge >= 0.3 is 5.97 Å². The van der Waals surface area contributed by atoms with Gasteiger partial charge in [-0.15, -0.1) is 11.8 Å². The van der Waals surface area contributed by atoms with Crippen LogP contribution in [0.4, 0.5) is 0 Å². The summed E-state index contributed by atoms with van der Waals surface area (Å²) in [4.78, 5) is 23.5. The third kappa shape index (κ3) is 4.82. The largest absolute Gasteiger partial charge is 0.490 e. The third-order valence-electron chi connectivity index (χ3n) is 2.34. The lowest BCUT2D eigenvalue weighted by atomic mass is 10.3. The molecule has 0 saturated carbocycles. The molecule has 0 heterocycles. The average molecular weight is 283 g/mol. The van der Waals surface area contributed by atoms with E-state index >= 15 is 0 Å². The van der Waals surface area contributed by atoms with Crippen molar-refractivity contribution in [2.45, 2.75) is 17.9 Å². The van der Waals surface area contributed by atoms with Gasteiger partial charge in [-0.2, -0.15) is 0 Å². The number of para-hydroxylation sites is 1. The van der Waals surface area contributed by atoms with Crippen molar-refractivity contribution in [1.29, 1.82) is 0 Å². The zero-order valence-electron chi connectivity index (χ0n) is 11.1. The lowest BCUT2D eigenvalue weighted by Crippen LogP contribution is -2.44. The zero-order chi connectivity index (χ0) is 14.3. The summed E-state index contributed by atoms with van der Waals surface area (Å²) >= 11 is 1.55. The summed E-state index contributed by atoms with van der Waals surface area (Å²) in [7, 11) is 1.27. The van der Waals surface area contributed by atoms with Gasteiger partial charge in [0.05, 0.1) is 7.11 Å². The Bertz CT molecular complexity index is 450. The minimum absolute atomic E-state index is 0.0316. The van der Waals surface area contributed by atoms with E-state index in [0.717, 1.165) is 4.90 Å². The monoisotopic (exact) mass is 283 g/mol. The van der Waals surface area contributed by atoms with Gasteiger partial charge in [-0.05, 0) is 18.4 Å². The van der Waals surface area contributed by atoms with Gasteiger partial charge in [0.25, 0.3) is 0 Å². The molecule has 0 fully saturated rings. The lowest BCUT2D eigenvalue weighted by molar-refractivity contribution is -0.145. The second kappa shape index (κ2) is 7.68. The molecule has 0 saturated heterocycles. The number of hydrogen-bond donors (Lipinski definition) is 1. The molecule has 1 aromatic rings. The van der Waals surface area contributed by atoms with E-state index in [1.54, 1.807) is 11.8 Å². The van der Waals surface area contributed by atoms with Crippen LogP contribution in [0.5, 0.6) is 5.75 Å². The molecule has 0 aliphatic heterocycles. The van der Waals surface area contributed by atoms with Crippen LogP contribution in [0, 0.1) is 0 Å². The summed E-state index contributed by atoms with van der Waals surface area (Å²) in [5.74, 6) is -0.164. The van der Waals surface area contributed by atoms with Crippen molar-refractivity contribution >= 4 is 23.6 Å². The van der Waals surface area contributed by atoms with Crippen molar-refractivity contribution in [2.75, 3.05) is 20.0 Å². The number of amides is 1. The molecule has 0 aromatic heterocycles. The molecule has 1 atom stereocenters. The first kappa shape index (κ1) is 15.4.